The summed E-state index contributed by atoms with van der Waals surface area (Å²) in [7, 11) is -6.80. The number of rotatable bonds is 2. The van der Waals surface area contributed by atoms with Crippen molar-refractivity contribution < 1.29 is 43.2 Å². The lowest BCUT2D eigenvalue weighted by molar-refractivity contribution is -0.526. The Morgan fingerprint density at radius 2 is 1.79 bits per heavy atom. The fourth-order valence-corrected chi connectivity index (χ4v) is 1.95. The maximum absolute atomic E-state index is 11.0. The highest BCUT2D eigenvalue weighted by Gasteiger charge is 2.38. The number of hydrogen-bond acceptors (Lipinski definition) is 7. The van der Waals surface area contributed by atoms with Crippen LogP contribution in [0.3, 0.4) is 0 Å². The number of alkyl halides is 6. The number of nitrogens with zero attached hydrogens (tertiary/aromatic N) is 2. The van der Waals surface area contributed by atoms with Crippen LogP contribution in [0.1, 0.15) is 6.92 Å². The van der Waals surface area contributed by atoms with Gasteiger partial charge in [-0.25, -0.2) is 8.42 Å². The number of halogens is 6. The Bertz CT molecular complexity index is 721. The summed E-state index contributed by atoms with van der Waals surface area (Å²) >= 11 is 16.5. The fourth-order valence-electron chi connectivity index (χ4n) is 1.14. The van der Waals surface area contributed by atoms with Crippen LogP contribution < -0.4 is 0 Å². The summed E-state index contributed by atoms with van der Waals surface area (Å²) in [5, 5.41) is 0. The Hall–Kier alpha value is -0.470. The first-order chi connectivity index (χ1) is 10.5. The van der Waals surface area contributed by atoms with Crippen molar-refractivity contribution in [3.63, 3.8) is 0 Å². The maximum Gasteiger partial charge on any atom is 0.485 e. The van der Waals surface area contributed by atoms with E-state index in [1.807, 2.05) is 0 Å². The highest BCUT2D eigenvalue weighted by molar-refractivity contribution is 7.86. The number of ether oxygens (including phenoxy) is 1. The molecule has 0 aromatic heterocycles. The Morgan fingerprint density at radius 1 is 1.38 bits per heavy atom. The largest absolute Gasteiger partial charge is 0.741 e. The molecule has 0 spiro atoms. The molecule has 24 heavy (non-hydrogen) atoms. The predicted molar refractivity (Wildman–Crippen MR) is 76.5 cm³/mol. The Kier molecular flexibility index (Phi) is 8.11. The molecule has 8 nitrogen and oxygen atoms in total. The zero-order valence-electron chi connectivity index (χ0n) is 11.8. The second kappa shape index (κ2) is 8.27. The molecule has 1 unspecified atom stereocenters. The summed E-state index contributed by atoms with van der Waals surface area (Å²) in [5.74, 6) is 0.134. The van der Waals surface area contributed by atoms with Crippen molar-refractivity contribution in [1.29, 1.82) is 0 Å². The Balaban J connectivity index is 0.000000561. The van der Waals surface area contributed by atoms with Crippen molar-refractivity contribution in [2.75, 3.05) is 13.7 Å². The van der Waals surface area contributed by atoms with Crippen LogP contribution >= 0.6 is 34.8 Å². The van der Waals surface area contributed by atoms with E-state index in [1.54, 1.807) is 18.9 Å². The monoisotopic (exact) mass is 456 g/mol. The van der Waals surface area contributed by atoms with Crippen molar-refractivity contribution >= 4 is 55.4 Å². The van der Waals surface area contributed by atoms with Crippen LogP contribution in [0, 0.1) is 0 Å². The van der Waals surface area contributed by atoms with Gasteiger partial charge in [0.05, 0.1) is 0 Å². The van der Waals surface area contributed by atoms with E-state index >= 15 is 0 Å². The Morgan fingerprint density at radius 3 is 2.08 bits per heavy atom. The van der Waals surface area contributed by atoms with E-state index in [0.717, 1.165) is 3.95 Å². The molecular weight excluding hydrogens is 448 g/mol. The van der Waals surface area contributed by atoms with Crippen molar-refractivity contribution in [2.45, 2.75) is 22.4 Å². The molecule has 0 saturated carbocycles. The molecule has 1 aliphatic rings. The van der Waals surface area contributed by atoms with Crippen LogP contribution in [-0.2, 0) is 25.4 Å². The second-order valence-electron chi connectivity index (χ2n) is 4.11. The van der Waals surface area contributed by atoms with Crippen LogP contribution in [0.15, 0.2) is 12.1 Å². The lowest BCUT2D eigenvalue weighted by Gasteiger charge is -2.10. The summed E-state index contributed by atoms with van der Waals surface area (Å²) in [5.41, 5.74) is -5.65. The molecule has 0 aliphatic carbocycles. The minimum Gasteiger partial charge on any atom is -0.741 e. The molecule has 0 aromatic carbocycles. The molecule has 1 heterocycles. The molecule has 1 rings (SSSR count). The Labute approximate surface area is 151 Å². The van der Waals surface area contributed by atoms with Gasteiger partial charge in [-0.1, -0.05) is 34.8 Å². The van der Waals surface area contributed by atoms with E-state index in [9.17, 15) is 21.6 Å². The third-order valence-corrected chi connectivity index (χ3v) is 3.99. The van der Waals surface area contributed by atoms with Gasteiger partial charge >= 0.3 is 21.9 Å². The molecule has 0 aromatic rings. The molecule has 142 valence electrons. The van der Waals surface area contributed by atoms with Crippen molar-refractivity contribution in [3.8, 4) is 0 Å². The van der Waals surface area contributed by atoms with E-state index in [2.05, 4.69) is 0 Å². The molecule has 0 bridgehead atoms. The molecule has 0 fully saturated rings. The SMILES string of the molecule is CC1N(C)C=C(OCC(Cl)(Cl)Cl)[N+]1=S(=O)=O.O=S(=O)([O-])C(F)(F)F. The normalized spacial score (nSPS) is 18.7. The maximum atomic E-state index is 11.0. The molecule has 0 radical (unpaired) electrons. The van der Waals surface area contributed by atoms with Crippen molar-refractivity contribution in [3.05, 3.63) is 12.1 Å². The average molecular weight is 458 g/mol. The van der Waals surface area contributed by atoms with E-state index in [-0.39, 0.29) is 18.7 Å². The zero-order chi connectivity index (χ0) is 19.5. The summed E-state index contributed by atoms with van der Waals surface area (Å²) in [4.78, 5) is 1.67. The van der Waals surface area contributed by atoms with E-state index < -0.39 is 29.9 Å². The second-order valence-corrected chi connectivity index (χ2v) is 8.83. The fraction of sp³-hybridized carbons (Fsp3) is 0.750. The van der Waals surface area contributed by atoms with E-state index in [0.29, 0.717) is 0 Å². The zero-order valence-corrected chi connectivity index (χ0v) is 15.7. The lowest BCUT2D eigenvalue weighted by Crippen LogP contribution is -2.28. The van der Waals surface area contributed by atoms with Crippen LogP contribution in [0.4, 0.5) is 13.2 Å². The smallest absolute Gasteiger partial charge is 0.485 e. The van der Waals surface area contributed by atoms with Gasteiger partial charge < -0.3 is 14.2 Å². The van der Waals surface area contributed by atoms with Crippen molar-refractivity contribution in [2.24, 2.45) is 0 Å². The highest BCUT2D eigenvalue weighted by atomic mass is 35.6. The summed E-state index contributed by atoms with van der Waals surface area (Å²) < 4.78 is 85.5. The number of hydrogen-bond donors (Lipinski definition) is 0. The van der Waals surface area contributed by atoms with Gasteiger partial charge in [-0.2, -0.15) is 13.2 Å². The van der Waals surface area contributed by atoms with Crippen molar-refractivity contribution in [1.82, 2.24) is 4.90 Å². The summed E-state index contributed by atoms with van der Waals surface area (Å²) in [6.07, 6.45) is 1.17. The van der Waals surface area contributed by atoms with Crippen LogP contribution in [-0.4, -0.2) is 59.4 Å². The summed E-state index contributed by atoms with van der Waals surface area (Å²) in [6.45, 7) is 1.48. The minimum absolute atomic E-state index is 0.134. The van der Waals surface area contributed by atoms with Gasteiger partial charge in [0.25, 0.3) is 6.17 Å². The lowest BCUT2D eigenvalue weighted by atomic mass is 10.6. The third kappa shape index (κ3) is 7.61. The molecular formula is C8H10Cl3F3N2O6S2. The van der Waals surface area contributed by atoms with E-state index in [1.165, 1.54) is 6.20 Å². The highest BCUT2D eigenvalue weighted by Crippen LogP contribution is 2.28. The predicted octanol–water partition coefficient (Wildman–Crippen LogP) is 1.59. The van der Waals surface area contributed by atoms with Gasteiger partial charge in [-0.05, 0) is 3.95 Å². The molecule has 0 saturated heterocycles. The molecule has 1 aliphatic heterocycles. The van der Waals surface area contributed by atoms with Crippen LogP contribution in [0.2, 0.25) is 0 Å². The molecule has 0 N–H and O–H groups in total. The van der Waals surface area contributed by atoms with Gasteiger partial charge in [-0.3, -0.25) is 0 Å². The quantitative estimate of drug-likeness (QED) is 0.268. The van der Waals surface area contributed by atoms with Gasteiger partial charge in [0.1, 0.15) is 12.8 Å². The third-order valence-electron chi connectivity index (χ3n) is 2.29. The first-order valence-electron chi connectivity index (χ1n) is 5.51. The van der Waals surface area contributed by atoms with E-state index in [4.69, 9.17) is 52.5 Å². The van der Waals surface area contributed by atoms with Crippen LogP contribution in [0.5, 0.6) is 0 Å². The summed E-state index contributed by atoms with van der Waals surface area (Å²) in [6, 6.07) is 0. The first-order valence-corrected chi connectivity index (χ1v) is 9.09. The minimum atomic E-state index is -6.09. The van der Waals surface area contributed by atoms with Gasteiger partial charge in [-0.15, -0.1) is 8.42 Å². The molecule has 0 amide bonds. The van der Waals surface area contributed by atoms with Gasteiger partial charge in [0.2, 0.25) is 3.79 Å². The van der Waals surface area contributed by atoms with Gasteiger partial charge in [0, 0.05) is 14.0 Å². The molecule has 1 atom stereocenters. The average Bonchev–Trinajstić information content (AvgIpc) is 2.60. The van der Waals surface area contributed by atoms with Crippen LogP contribution in [0.25, 0.3) is 0 Å². The first kappa shape index (κ1) is 23.5. The molecule has 16 heteroatoms. The van der Waals surface area contributed by atoms with Gasteiger partial charge in [0.15, 0.2) is 10.1 Å². The standard InChI is InChI=1S/C7H10Cl3N2O3S.CHF3O3S/c1-5-11(2)3-6(12(5)16(13)14)15-4-7(8,9)10;2-1(3,4)8(5,6)7/h3,5H,4H2,1-2H3;(H,5,6,7)/q+1;/p-1. The topological polar surface area (TPSA) is 107 Å².